The Morgan fingerprint density at radius 2 is 2.12 bits per heavy atom. The summed E-state index contributed by atoms with van der Waals surface area (Å²) >= 11 is 0. The molecule has 26 heavy (non-hydrogen) atoms. The molecule has 3 aromatic rings. The molecule has 1 aliphatic rings. The molecule has 4 rings (SSSR count). The van der Waals surface area contributed by atoms with Crippen LogP contribution in [0, 0.1) is 6.92 Å². The van der Waals surface area contributed by atoms with E-state index in [0.717, 1.165) is 41.8 Å². The van der Waals surface area contributed by atoms with Gasteiger partial charge in [0.05, 0.1) is 24.4 Å². The first-order chi connectivity index (χ1) is 12.7. The number of amides is 1. The Hall–Kier alpha value is -2.95. The van der Waals surface area contributed by atoms with Crippen LogP contribution in [0.15, 0.2) is 55.0 Å². The summed E-state index contributed by atoms with van der Waals surface area (Å²) in [5.74, 6) is 0.174. The Morgan fingerprint density at radius 3 is 2.92 bits per heavy atom. The normalized spacial score (nSPS) is 16.8. The number of aromatic nitrogens is 3. The van der Waals surface area contributed by atoms with Crippen molar-refractivity contribution in [2.24, 2.45) is 0 Å². The fraction of sp³-hybridized carbons (Fsp3) is 0.286. The molecule has 0 aliphatic carbocycles. The zero-order valence-electron chi connectivity index (χ0n) is 14.9. The molecule has 1 N–H and O–H groups in total. The van der Waals surface area contributed by atoms with Crippen LogP contribution in [0.4, 0.5) is 0 Å². The van der Waals surface area contributed by atoms with Crippen LogP contribution >= 0.6 is 0 Å². The maximum absolute atomic E-state index is 13.0. The second kappa shape index (κ2) is 7.12. The van der Waals surface area contributed by atoms with Gasteiger partial charge in [0, 0.05) is 24.5 Å². The van der Waals surface area contributed by atoms with Gasteiger partial charge in [0.1, 0.15) is 0 Å². The van der Waals surface area contributed by atoms with Crippen LogP contribution in [0.25, 0.3) is 11.1 Å². The second-order valence-electron chi connectivity index (χ2n) is 6.84. The lowest BCUT2D eigenvalue weighted by atomic mass is 10.0. The number of aromatic amines is 1. The zero-order valence-corrected chi connectivity index (χ0v) is 14.9. The number of benzene rings is 1. The van der Waals surface area contributed by atoms with Gasteiger partial charge in [-0.3, -0.25) is 14.9 Å². The van der Waals surface area contributed by atoms with Gasteiger partial charge in [-0.15, -0.1) is 0 Å². The molecule has 0 saturated carbocycles. The Kier molecular flexibility index (Phi) is 4.52. The first-order valence-corrected chi connectivity index (χ1v) is 9.01. The Morgan fingerprint density at radius 1 is 1.27 bits per heavy atom. The molecule has 1 atom stereocenters. The molecule has 5 heteroatoms. The van der Waals surface area contributed by atoms with Crippen LogP contribution < -0.4 is 0 Å². The lowest BCUT2D eigenvalue weighted by Gasteiger charge is -2.25. The SMILES string of the molecule is Cc1cccc(CC(=O)N2CCC[C@@H]2c2[nH]ncc2-c2ccncc2)c1. The molecule has 1 saturated heterocycles. The van der Waals surface area contributed by atoms with Gasteiger partial charge >= 0.3 is 0 Å². The topological polar surface area (TPSA) is 61.9 Å². The van der Waals surface area contributed by atoms with Crippen molar-refractivity contribution in [3.8, 4) is 11.1 Å². The molecule has 0 spiro atoms. The third kappa shape index (κ3) is 3.25. The molecular weight excluding hydrogens is 324 g/mol. The molecule has 0 bridgehead atoms. The van der Waals surface area contributed by atoms with Crippen molar-refractivity contribution in [1.29, 1.82) is 0 Å². The van der Waals surface area contributed by atoms with Crippen molar-refractivity contribution < 1.29 is 4.79 Å². The number of carbonyl (C=O) groups excluding carboxylic acids is 1. The van der Waals surface area contributed by atoms with E-state index in [4.69, 9.17) is 0 Å². The third-order valence-electron chi connectivity index (χ3n) is 5.00. The summed E-state index contributed by atoms with van der Waals surface area (Å²) in [7, 11) is 0. The Bertz CT molecular complexity index is 903. The van der Waals surface area contributed by atoms with E-state index in [1.807, 2.05) is 35.4 Å². The van der Waals surface area contributed by atoms with Gasteiger partial charge in [-0.05, 0) is 43.0 Å². The third-order valence-corrected chi connectivity index (χ3v) is 5.00. The average molecular weight is 346 g/mol. The van der Waals surface area contributed by atoms with Crippen LogP contribution in [-0.4, -0.2) is 32.5 Å². The van der Waals surface area contributed by atoms with E-state index < -0.39 is 0 Å². The molecule has 1 amide bonds. The maximum Gasteiger partial charge on any atom is 0.227 e. The predicted octanol–water partition coefficient (Wildman–Crippen LogP) is 3.69. The first-order valence-electron chi connectivity index (χ1n) is 9.01. The van der Waals surface area contributed by atoms with E-state index in [1.165, 1.54) is 5.56 Å². The number of nitrogens with one attached hydrogen (secondary N) is 1. The molecule has 0 unspecified atom stereocenters. The standard InChI is InChI=1S/C21H22N4O/c1-15-4-2-5-16(12-15)13-20(26)25-11-3-6-19(25)21-18(14-23-24-21)17-7-9-22-10-8-17/h2,4-5,7-10,12,14,19H,3,6,11,13H2,1H3,(H,23,24)/t19-/m1/s1. The van der Waals surface area contributed by atoms with Crippen LogP contribution in [0.1, 0.15) is 35.7 Å². The lowest BCUT2D eigenvalue weighted by molar-refractivity contribution is -0.131. The lowest BCUT2D eigenvalue weighted by Crippen LogP contribution is -2.32. The minimum absolute atomic E-state index is 0.0537. The van der Waals surface area contributed by atoms with Crippen molar-refractivity contribution in [2.75, 3.05) is 6.54 Å². The van der Waals surface area contributed by atoms with Crippen molar-refractivity contribution in [3.05, 3.63) is 71.8 Å². The summed E-state index contributed by atoms with van der Waals surface area (Å²) in [6.45, 7) is 2.85. The second-order valence-corrected chi connectivity index (χ2v) is 6.84. The number of pyridine rings is 1. The summed E-state index contributed by atoms with van der Waals surface area (Å²) in [5, 5.41) is 7.39. The molecule has 132 valence electrons. The van der Waals surface area contributed by atoms with Crippen molar-refractivity contribution >= 4 is 5.91 Å². The number of nitrogens with zero attached hydrogens (tertiary/aromatic N) is 3. The maximum atomic E-state index is 13.0. The van der Waals surface area contributed by atoms with Crippen molar-refractivity contribution in [3.63, 3.8) is 0 Å². The highest BCUT2D eigenvalue weighted by Crippen LogP contribution is 2.36. The highest BCUT2D eigenvalue weighted by molar-refractivity contribution is 5.80. The van der Waals surface area contributed by atoms with Crippen molar-refractivity contribution in [1.82, 2.24) is 20.1 Å². The highest BCUT2D eigenvalue weighted by atomic mass is 16.2. The van der Waals surface area contributed by atoms with Crippen LogP contribution in [0.3, 0.4) is 0 Å². The van der Waals surface area contributed by atoms with Gasteiger partial charge in [-0.1, -0.05) is 29.8 Å². The first kappa shape index (κ1) is 16.5. The molecule has 1 aromatic carbocycles. The summed E-state index contributed by atoms with van der Waals surface area (Å²) < 4.78 is 0. The van der Waals surface area contributed by atoms with Crippen LogP contribution in [0.5, 0.6) is 0 Å². The van der Waals surface area contributed by atoms with E-state index in [0.29, 0.717) is 6.42 Å². The van der Waals surface area contributed by atoms with E-state index >= 15 is 0 Å². The summed E-state index contributed by atoms with van der Waals surface area (Å²) in [4.78, 5) is 19.0. The van der Waals surface area contributed by atoms with Gasteiger partial charge in [-0.25, -0.2) is 0 Å². The molecule has 2 aromatic heterocycles. The number of H-pyrrole nitrogens is 1. The Labute approximate surface area is 153 Å². The molecule has 0 radical (unpaired) electrons. The molecule has 5 nitrogen and oxygen atoms in total. The quantitative estimate of drug-likeness (QED) is 0.784. The van der Waals surface area contributed by atoms with Crippen molar-refractivity contribution in [2.45, 2.75) is 32.2 Å². The number of rotatable bonds is 4. The van der Waals surface area contributed by atoms with Gasteiger partial charge in [0.15, 0.2) is 0 Å². The number of likely N-dealkylation sites (tertiary alicyclic amines) is 1. The minimum atomic E-state index is 0.0537. The van der Waals surface area contributed by atoms with Crippen LogP contribution in [0.2, 0.25) is 0 Å². The summed E-state index contributed by atoms with van der Waals surface area (Å²) in [5.41, 5.74) is 5.39. The van der Waals surface area contributed by atoms with Gasteiger partial charge < -0.3 is 4.90 Å². The molecular formula is C21H22N4O. The monoisotopic (exact) mass is 346 g/mol. The number of hydrogen-bond donors (Lipinski definition) is 1. The summed E-state index contributed by atoms with van der Waals surface area (Å²) in [6.07, 6.45) is 7.81. The Balaban J connectivity index is 1.58. The van der Waals surface area contributed by atoms with Crippen LogP contribution in [-0.2, 0) is 11.2 Å². The van der Waals surface area contributed by atoms with E-state index in [-0.39, 0.29) is 11.9 Å². The van der Waals surface area contributed by atoms with E-state index in [1.54, 1.807) is 12.4 Å². The molecule has 1 aliphatic heterocycles. The largest absolute Gasteiger partial charge is 0.334 e. The average Bonchev–Trinajstić information content (AvgIpc) is 3.31. The van der Waals surface area contributed by atoms with Gasteiger partial charge in [0.25, 0.3) is 0 Å². The minimum Gasteiger partial charge on any atom is -0.334 e. The molecule has 1 fully saturated rings. The van der Waals surface area contributed by atoms with E-state index in [2.05, 4.69) is 34.2 Å². The summed E-state index contributed by atoms with van der Waals surface area (Å²) in [6, 6.07) is 12.2. The van der Waals surface area contributed by atoms with Gasteiger partial charge in [0.2, 0.25) is 5.91 Å². The highest BCUT2D eigenvalue weighted by Gasteiger charge is 2.32. The predicted molar refractivity (Wildman–Crippen MR) is 100 cm³/mol. The van der Waals surface area contributed by atoms with Gasteiger partial charge in [-0.2, -0.15) is 5.10 Å². The number of aryl methyl sites for hydroxylation is 1. The number of carbonyl (C=O) groups is 1. The molecule has 3 heterocycles. The van der Waals surface area contributed by atoms with E-state index in [9.17, 15) is 4.79 Å². The smallest absolute Gasteiger partial charge is 0.227 e. The fourth-order valence-electron chi connectivity index (χ4n) is 3.78. The number of hydrogen-bond acceptors (Lipinski definition) is 3. The fourth-order valence-corrected chi connectivity index (χ4v) is 3.78. The zero-order chi connectivity index (χ0) is 17.9.